The Balaban J connectivity index is 1.68. The van der Waals surface area contributed by atoms with Gasteiger partial charge in [0.2, 0.25) is 5.91 Å². The molecule has 0 radical (unpaired) electrons. The highest BCUT2D eigenvalue weighted by Crippen LogP contribution is 2.32. The molecule has 2 aliphatic heterocycles. The first-order chi connectivity index (χ1) is 11.7. The highest BCUT2D eigenvalue weighted by atomic mass is 28.4. The zero-order chi connectivity index (χ0) is 16.6. The lowest BCUT2D eigenvalue weighted by Crippen LogP contribution is -2.60. The Bertz CT molecular complexity index is 679. The molecule has 0 unspecified atom stereocenters. The van der Waals surface area contributed by atoms with Crippen molar-refractivity contribution in [3.8, 4) is 0 Å². The summed E-state index contributed by atoms with van der Waals surface area (Å²) in [6.07, 6.45) is 2.74. The fraction of sp³-hybridized carbons (Fsp3) is 0.350. The van der Waals surface area contributed by atoms with Crippen LogP contribution in [0.1, 0.15) is 19.3 Å². The fourth-order valence-corrected chi connectivity index (χ4v) is 7.29. The lowest BCUT2D eigenvalue weighted by Gasteiger charge is -2.34. The topological polar surface area (TPSA) is 29.5 Å². The molecule has 2 aromatic carbocycles. The van der Waals surface area contributed by atoms with Gasteiger partial charge in [-0.15, -0.1) is 0 Å². The molecule has 4 rings (SSSR count). The van der Waals surface area contributed by atoms with Crippen molar-refractivity contribution in [2.24, 2.45) is 0 Å². The Kier molecular flexibility index (Phi) is 4.02. The van der Waals surface area contributed by atoms with Crippen LogP contribution in [-0.2, 0) is 9.22 Å². The van der Waals surface area contributed by atoms with Crippen molar-refractivity contribution in [2.45, 2.75) is 38.0 Å². The molecule has 24 heavy (non-hydrogen) atoms. The van der Waals surface area contributed by atoms with Crippen LogP contribution in [0.15, 0.2) is 60.7 Å². The van der Waals surface area contributed by atoms with Crippen LogP contribution in [0.3, 0.4) is 0 Å². The lowest BCUT2D eigenvalue weighted by atomic mass is 10.1. The van der Waals surface area contributed by atoms with E-state index < -0.39 is 8.32 Å². The third-order valence-corrected chi connectivity index (χ3v) is 9.14. The van der Waals surface area contributed by atoms with Crippen LogP contribution in [0.5, 0.6) is 0 Å². The number of carbonyl (C=O) groups excluding carboxylic acids is 1. The van der Waals surface area contributed by atoms with Gasteiger partial charge in [0.1, 0.15) is 0 Å². The largest absolute Gasteiger partial charge is 0.403 e. The molecule has 3 nitrogen and oxygen atoms in total. The monoisotopic (exact) mass is 337 g/mol. The third-order valence-electron chi connectivity index (χ3n) is 5.49. The lowest BCUT2D eigenvalue weighted by molar-refractivity contribution is -0.128. The number of fused-ring (bicyclic) bond motifs is 1. The number of benzene rings is 2. The summed E-state index contributed by atoms with van der Waals surface area (Å²) in [6.45, 7) is 3.14. The van der Waals surface area contributed by atoms with Gasteiger partial charge in [0.15, 0.2) is 0 Å². The Morgan fingerprint density at radius 2 is 1.54 bits per heavy atom. The molecule has 0 bridgehead atoms. The van der Waals surface area contributed by atoms with E-state index >= 15 is 0 Å². The molecule has 0 saturated carbocycles. The molecule has 0 aliphatic carbocycles. The second kappa shape index (κ2) is 6.19. The van der Waals surface area contributed by atoms with Gasteiger partial charge in [-0.05, 0) is 29.8 Å². The highest BCUT2D eigenvalue weighted by molar-refractivity contribution is 6.96. The molecule has 1 amide bonds. The van der Waals surface area contributed by atoms with Crippen molar-refractivity contribution in [1.82, 2.24) is 4.90 Å². The van der Waals surface area contributed by atoms with Crippen LogP contribution in [-0.4, -0.2) is 37.8 Å². The van der Waals surface area contributed by atoms with Crippen molar-refractivity contribution in [3.05, 3.63) is 60.7 Å². The number of hydrogen-bond acceptors (Lipinski definition) is 2. The van der Waals surface area contributed by atoms with Gasteiger partial charge in [-0.25, -0.2) is 0 Å². The predicted molar refractivity (Wildman–Crippen MR) is 98.0 cm³/mol. The minimum atomic E-state index is -2.29. The molecule has 2 saturated heterocycles. The van der Waals surface area contributed by atoms with Crippen LogP contribution in [0.4, 0.5) is 0 Å². The molecule has 2 fully saturated rings. The molecule has 4 heteroatoms. The van der Waals surface area contributed by atoms with Gasteiger partial charge in [-0.3, -0.25) is 4.79 Å². The van der Waals surface area contributed by atoms with E-state index in [-0.39, 0.29) is 12.1 Å². The Morgan fingerprint density at radius 1 is 0.958 bits per heavy atom. The molecule has 124 valence electrons. The van der Waals surface area contributed by atoms with Gasteiger partial charge in [-0.1, -0.05) is 60.7 Å². The highest BCUT2D eigenvalue weighted by Gasteiger charge is 2.46. The van der Waals surface area contributed by atoms with Gasteiger partial charge in [0, 0.05) is 13.0 Å². The van der Waals surface area contributed by atoms with Gasteiger partial charge in [0.25, 0.3) is 8.32 Å². The van der Waals surface area contributed by atoms with E-state index in [1.54, 1.807) is 0 Å². The number of nitrogens with zero attached hydrogens (tertiary/aromatic N) is 1. The van der Waals surface area contributed by atoms with Gasteiger partial charge in [0.05, 0.1) is 12.1 Å². The van der Waals surface area contributed by atoms with Crippen LogP contribution in [0.25, 0.3) is 0 Å². The van der Waals surface area contributed by atoms with Crippen LogP contribution in [0.2, 0.25) is 6.55 Å². The van der Waals surface area contributed by atoms with Crippen LogP contribution in [0, 0.1) is 0 Å². The van der Waals surface area contributed by atoms with E-state index in [9.17, 15) is 4.79 Å². The van der Waals surface area contributed by atoms with E-state index in [0.29, 0.717) is 12.3 Å². The van der Waals surface area contributed by atoms with Crippen molar-refractivity contribution in [2.75, 3.05) is 6.54 Å². The smallest absolute Gasteiger partial charge is 0.253 e. The van der Waals surface area contributed by atoms with E-state index in [0.717, 1.165) is 19.4 Å². The van der Waals surface area contributed by atoms with Crippen molar-refractivity contribution in [1.29, 1.82) is 0 Å². The quantitative estimate of drug-likeness (QED) is 0.800. The summed E-state index contributed by atoms with van der Waals surface area (Å²) in [4.78, 5) is 14.0. The molecule has 2 heterocycles. The molecule has 2 aliphatic rings. The SMILES string of the molecule is C[Si](O[C@@H]1CCN2C(=O)CC[C@@H]12)(c1ccccc1)c1ccccc1. The standard InChI is InChI=1S/C20H23NO2Si/c1-24(16-8-4-2-5-9-16,17-10-6-3-7-11-17)23-19-14-15-21-18(19)12-13-20(21)22/h2-11,18-19H,12-15H2,1H3/t18-,19+/m0/s1. The fourth-order valence-electron chi connectivity index (χ4n) is 4.15. The average molecular weight is 337 g/mol. The molecular formula is C20H23NO2Si. The van der Waals surface area contributed by atoms with Crippen LogP contribution >= 0.6 is 0 Å². The molecule has 2 atom stereocenters. The Morgan fingerprint density at radius 3 is 2.12 bits per heavy atom. The molecule has 0 aromatic heterocycles. The second-order valence-corrected chi connectivity index (χ2v) is 10.4. The summed E-state index contributed by atoms with van der Waals surface area (Å²) in [5.41, 5.74) is 0. The minimum Gasteiger partial charge on any atom is -0.403 e. The van der Waals surface area contributed by atoms with Crippen molar-refractivity contribution >= 4 is 24.6 Å². The first kappa shape index (κ1) is 15.6. The zero-order valence-electron chi connectivity index (χ0n) is 14.0. The molecule has 2 aromatic rings. The molecular weight excluding hydrogens is 314 g/mol. The summed E-state index contributed by atoms with van der Waals surface area (Å²) in [5.74, 6) is 0.300. The van der Waals surface area contributed by atoms with Crippen molar-refractivity contribution < 1.29 is 9.22 Å². The maximum Gasteiger partial charge on any atom is 0.253 e. The number of rotatable bonds is 4. The first-order valence-corrected chi connectivity index (χ1v) is 11.2. The molecule has 0 N–H and O–H groups in total. The maximum atomic E-state index is 12.0. The summed E-state index contributed by atoms with van der Waals surface area (Å²) < 4.78 is 6.88. The van der Waals surface area contributed by atoms with E-state index in [1.807, 2.05) is 4.90 Å². The Hall–Kier alpha value is -1.91. The third kappa shape index (κ3) is 2.60. The number of hydrogen-bond donors (Lipinski definition) is 0. The second-order valence-electron chi connectivity index (χ2n) is 6.90. The summed E-state index contributed by atoms with van der Waals surface area (Å²) in [7, 11) is -2.29. The van der Waals surface area contributed by atoms with Gasteiger partial charge in [-0.2, -0.15) is 0 Å². The average Bonchev–Trinajstić information content (AvgIpc) is 3.20. The van der Waals surface area contributed by atoms with E-state index in [2.05, 4.69) is 67.2 Å². The van der Waals surface area contributed by atoms with Crippen LogP contribution < -0.4 is 10.4 Å². The summed E-state index contributed by atoms with van der Waals surface area (Å²) in [5, 5.41) is 2.58. The van der Waals surface area contributed by atoms with E-state index in [4.69, 9.17) is 4.43 Å². The predicted octanol–water partition coefficient (Wildman–Crippen LogP) is 2.16. The van der Waals surface area contributed by atoms with E-state index in [1.165, 1.54) is 10.4 Å². The first-order valence-electron chi connectivity index (χ1n) is 8.77. The summed E-state index contributed by atoms with van der Waals surface area (Å²) in [6, 6.07) is 21.5. The van der Waals surface area contributed by atoms with Gasteiger partial charge >= 0.3 is 0 Å². The number of amides is 1. The maximum absolute atomic E-state index is 12.0. The number of carbonyl (C=O) groups is 1. The minimum absolute atomic E-state index is 0.161. The molecule has 0 spiro atoms. The Labute approximate surface area is 144 Å². The zero-order valence-corrected chi connectivity index (χ0v) is 15.0. The van der Waals surface area contributed by atoms with Crippen molar-refractivity contribution in [3.63, 3.8) is 0 Å². The van der Waals surface area contributed by atoms with Gasteiger partial charge < -0.3 is 9.33 Å². The normalized spacial score (nSPS) is 23.5. The summed E-state index contributed by atoms with van der Waals surface area (Å²) >= 11 is 0.